The topological polar surface area (TPSA) is 69.7 Å². The Balaban J connectivity index is 0.000000382. The lowest BCUT2D eigenvalue weighted by Gasteiger charge is -2.21. The average molecular weight is 507 g/mol. The van der Waals surface area contributed by atoms with Gasteiger partial charge in [0.1, 0.15) is 0 Å². The largest absolute Gasteiger partial charge is 0.395 e. The van der Waals surface area contributed by atoms with Crippen molar-refractivity contribution in [2.24, 2.45) is 5.73 Å². The molecule has 0 radical (unpaired) electrons. The van der Waals surface area contributed by atoms with E-state index < -0.39 is 0 Å². The van der Waals surface area contributed by atoms with Gasteiger partial charge < -0.3 is 15.9 Å². The van der Waals surface area contributed by atoms with Crippen LogP contribution in [0.4, 0.5) is 0 Å². The molecular formula is C31H39ClN2O2. The van der Waals surface area contributed by atoms with E-state index in [9.17, 15) is 5.11 Å². The second-order valence-corrected chi connectivity index (χ2v) is 8.18. The Morgan fingerprint density at radius 1 is 0.639 bits per heavy atom. The number of aliphatic hydroxyl groups is 2. The van der Waals surface area contributed by atoms with E-state index in [1.807, 2.05) is 42.5 Å². The zero-order valence-electron chi connectivity index (χ0n) is 21.0. The van der Waals surface area contributed by atoms with E-state index in [0.29, 0.717) is 19.0 Å². The number of benzene rings is 3. The van der Waals surface area contributed by atoms with Crippen LogP contribution in [0.2, 0.25) is 0 Å². The molecule has 0 saturated carbocycles. The van der Waals surface area contributed by atoms with Crippen molar-refractivity contribution in [3.8, 4) is 0 Å². The van der Waals surface area contributed by atoms with Crippen molar-refractivity contribution in [1.82, 2.24) is 4.90 Å². The van der Waals surface area contributed by atoms with E-state index in [-0.39, 0.29) is 13.2 Å². The lowest BCUT2D eigenvalue weighted by molar-refractivity contribution is 0.184. The highest BCUT2D eigenvalue weighted by atomic mass is 35.5. The highest BCUT2D eigenvalue weighted by molar-refractivity contribution is 6.17. The predicted octanol–water partition coefficient (Wildman–Crippen LogP) is 5.97. The van der Waals surface area contributed by atoms with Gasteiger partial charge >= 0.3 is 0 Å². The van der Waals surface area contributed by atoms with E-state index in [1.165, 1.54) is 11.1 Å². The zero-order valence-corrected chi connectivity index (χ0v) is 21.8. The molecule has 0 saturated heterocycles. The molecule has 4 N–H and O–H groups in total. The van der Waals surface area contributed by atoms with Gasteiger partial charge in [-0.25, -0.2) is 0 Å². The monoisotopic (exact) mass is 506 g/mol. The van der Waals surface area contributed by atoms with Crippen molar-refractivity contribution in [2.75, 3.05) is 26.3 Å². The molecule has 36 heavy (non-hydrogen) atoms. The summed E-state index contributed by atoms with van der Waals surface area (Å²) in [5.41, 5.74) is 11.8. The SMILES string of the molecule is C=Cc1ccc(CCl)cc1.C=Cc1ccc(CN(CCO)Cc2ccc(C=C)cc2)cc1.NCCO. The summed E-state index contributed by atoms with van der Waals surface area (Å²) in [6, 6.07) is 24.7. The van der Waals surface area contributed by atoms with E-state index in [0.717, 1.165) is 35.3 Å². The number of nitrogens with two attached hydrogens (primary N) is 1. The van der Waals surface area contributed by atoms with E-state index in [2.05, 4.69) is 73.2 Å². The van der Waals surface area contributed by atoms with E-state index in [4.69, 9.17) is 22.4 Å². The Hall–Kier alpha value is -2.99. The highest BCUT2D eigenvalue weighted by Crippen LogP contribution is 2.13. The molecule has 0 fully saturated rings. The minimum atomic E-state index is 0.0972. The van der Waals surface area contributed by atoms with Gasteiger partial charge in [-0.15, -0.1) is 11.6 Å². The van der Waals surface area contributed by atoms with Gasteiger partial charge in [-0.05, 0) is 33.4 Å². The molecule has 192 valence electrons. The van der Waals surface area contributed by atoms with Gasteiger partial charge in [0.2, 0.25) is 0 Å². The second-order valence-electron chi connectivity index (χ2n) is 7.92. The lowest BCUT2D eigenvalue weighted by Crippen LogP contribution is -2.26. The number of rotatable bonds is 11. The second kappa shape index (κ2) is 19.2. The molecule has 0 aromatic heterocycles. The summed E-state index contributed by atoms with van der Waals surface area (Å²) < 4.78 is 0. The summed E-state index contributed by atoms with van der Waals surface area (Å²) in [5.74, 6) is 0.581. The first-order valence-corrected chi connectivity index (χ1v) is 12.4. The predicted molar refractivity (Wildman–Crippen MR) is 156 cm³/mol. The van der Waals surface area contributed by atoms with Gasteiger partial charge in [-0.3, -0.25) is 4.90 Å². The summed E-state index contributed by atoms with van der Waals surface area (Å²) in [4.78, 5) is 2.24. The van der Waals surface area contributed by atoms with Crippen molar-refractivity contribution < 1.29 is 10.2 Å². The normalized spacial score (nSPS) is 9.92. The lowest BCUT2D eigenvalue weighted by atomic mass is 10.1. The third-order valence-corrected chi connectivity index (χ3v) is 5.47. The third-order valence-electron chi connectivity index (χ3n) is 5.16. The maximum atomic E-state index is 9.29. The molecule has 0 aliphatic rings. The van der Waals surface area contributed by atoms with Gasteiger partial charge in [0.25, 0.3) is 0 Å². The quantitative estimate of drug-likeness (QED) is 0.280. The molecular weight excluding hydrogens is 468 g/mol. The Bertz CT molecular complexity index is 945. The van der Waals surface area contributed by atoms with Crippen molar-refractivity contribution in [3.05, 3.63) is 126 Å². The van der Waals surface area contributed by atoms with Gasteiger partial charge in [-0.2, -0.15) is 0 Å². The zero-order chi connectivity index (χ0) is 26.6. The molecule has 0 heterocycles. The number of aliphatic hydroxyl groups excluding tert-OH is 2. The van der Waals surface area contributed by atoms with Crippen LogP contribution in [-0.2, 0) is 19.0 Å². The highest BCUT2D eigenvalue weighted by Gasteiger charge is 2.07. The molecule has 3 aromatic rings. The fraction of sp³-hybridized carbons (Fsp3) is 0.226. The van der Waals surface area contributed by atoms with Gasteiger partial charge in [0.15, 0.2) is 0 Å². The summed E-state index contributed by atoms with van der Waals surface area (Å²) >= 11 is 5.60. The van der Waals surface area contributed by atoms with Crippen LogP contribution in [0.1, 0.15) is 33.4 Å². The van der Waals surface area contributed by atoms with Crippen molar-refractivity contribution in [1.29, 1.82) is 0 Å². The molecule has 0 bridgehead atoms. The third kappa shape index (κ3) is 12.6. The summed E-state index contributed by atoms with van der Waals surface area (Å²) in [5, 5.41) is 17.0. The van der Waals surface area contributed by atoms with Crippen molar-refractivity contribution in [2.45, 2.75) is 19.0 Å². The molecule has 0 atom stereocenters. The average Bonchev–Trinajstić information content (AvgIpc) is 2.94. The first-order valence-electron chi connectivity index (χ1n) is 11.9. The number of halogens is 1. The molecule has 0 aliphatic heterocycles. The van der Waals surface area contributed by atoms with Crippen LogP contribution in [0.3, 0.4) is 0 Å². The summed E-state index contributed by atoms with van der Waals surface area (Å²) in [6.07, 6.45) is 5.50. The smallest absolute Gasteiger partial charge is 0.0558 e. The molecule has 4 nitrogen and oxygen atoms in total. The van der Waals surface area contributed by atoms with Gasteiger partial charge in [0.05, 0.1) is 13.2 Å². The van der Waals surface area contributed by atoms with E-state index >= 15 is 0 Å². The summed E-state index contributed by atoms with van der Waals surface area (Å²) in [7, 11) is 0. The van der Waals surface area contributed by atoms with Crippen LogP contribution in [0.25, 0.3) is 18.2 Å². The number of hydrogen-bond acceptors (Lipinski definition) is 4. The fourth-order valence-corrected chi connectivity index (χ4v) is 3.31. The maximum Gasteiger partial charge on any atom is 0.0558 e. The molecule has 0 aliphatic carbocycles. The number of hydrogen-bond donors (Lipinski definition) is 3. The fourth-order valence-electron chi connectivity index (χ4n) is 3.13. The van der Waals surface area contributed by atoms with Crippen molar-refractivity contribution in [3.63, 3.8) is 0 Å². The molecule has 3 rings (SSSR count). The van der Waals surface area contributed by atoms with Crippen LogP contribution >= 0.6 is 11.6 Å². The molecule has 0 amide bonds. The Kier molecular flexibility index (Phi) is 16.6. The van der Waals surface area contributed by atoms with Gasteiger partial charge in [0, 0.05) is 32.1 Å². The number of alkyl halides is 1. The Morgan fingerprint density at radius 3 is 1.22 bits per heavy atom. The van der Waals surface area contributed by atoms with Gasteiger partial charge in [-0.1, -0.05) is 111 Å². The first kappa shape index (κ1) is 31.0. The number of nitrogens with zero attached hydrogens (tertiary/aromatic N) is 1. The molecule has 0 spiro atoms. The maximum absolute atomic E-state index is 9.29. The Labute approximate surface area is 221 Å². The Morgan fingerprint density at radius 2 is 0.972 bits per heavy atom. The van der Waals surface area contributed by atoms with Crippen LogP contribution < -0.4 is 5.73 Å². The minimum absolute atomic E-state index is 0.0972. The molecule has 3 aromatic carbocycles. The van der Waals surface area contributed by atoms with E-state index in [1.54, 1.807) is 0 Å². The van der Waals surface area contributed by atoms with Crippen LogP contribution in [0.15, 0.2) is 92.5 Å². The minimum Gasteiger partial charge on any atom is -0.395 e. The molecule has 0 unspecified atom stereocenters. The summed E-state index contributed by atoms with van der Waals surface area (Å²) in [6.45, 7) is 14.1. The van der Waals surface area contributed by atoms with Crippen LogP contribution in [-0.4, -0.2) is 41.4 Å². The standard InChI is InChI=1S/C20H23NO.C9H9Cl.C2H7NO/c1-3-17-5-9-19(10-6-17)15-21(13-14-22)16-20-11-7-18(4-2)8-12-20;1-2-8-3-5-9(7-10)6-4-8;3-1-2-4/h3-12,22H,1-2,13-16H2;2-6H,1,7H2;4H,1-3H2. The van der Waals surface area contributed by atoms with Crippen molar-refractivity contribution >= 4 is 29.8 Å². The van der Waals surface area contributed by atoms with Crippen LogP contribution in [0.5, 0.6) is 0 Å². The molecule has 5 heteroatoms. The van der Waals surface area contributed by atoms with Crippen LogP contribution in [0, 0.1) is 0 Å². The first-order chi connectivity index (χ1) is 17.5.